The summed E-state index contributed by atoms with van der Waals surface area (Å²) in [6, 6.07) is 3.65. The maximum absolute atomic E-state index is 13.1. The smallest absolute Gasteiger partial charge is 0.305 e. The molecule has 3 rings (SSSR count). The first-order chi connectivity index (χ1) is 13.3. The highest BCUT2D eigenvalue weighted by Gasteiger charge is 2.46. The molecule has 0 bridgehead atoms. The number of carbonyl (C=O) groups excluding carboxylic acids is 4. The Hall–Kier alpha value is -3.27. The maximum atomic E-state index is 13.1. The molecule has 1 aromatic rings. The summed E-state index contributed by atoms with van der Waals surface area (Å²) < 4.78 is 0. The molecule has 2 aliphatic rings. The first-order valence-corrected chi connectivity index (χ1v) is 8.86. The van der Waals surface area contributed by atoms with E-state index < -0.39 is 35.6 Å². The van der Waals surface area contributed by atoms with E-state index in [2.05, 4.69) is 5.32 Å². The second-order valence-electron chi connectivity index (χ2n) is 6.57. The number of benzene rings is 1. The third-order valence-corrected chi connectivity index (χ3v) is 4.78. The topological polar surface area (TPSA) is 150 Å². The van der Waals surface area contributed by atoms with Gasteiger partial charge in [0.05, 0.1) is 23.2 Å². The summed E-state index contributed by atoms with van der Waals surface area (Å²) in [5, 5.41) is 11.1. The van der Waals surface area contributed by atoms with Gasteiger partial charge in [-0.1, -0.05) is 6.07 Å². The van der Waals surface area contributed by atoms with Gasteiger partial charge in [-0.15, -0.1) is 0 Å². The minimum atomic E-state index is -1.06. The molecule has 1 unspecified atom stereocenters. The highest BCUT2D eigenvalue weighted by molar-refractivity contribution is 6.25. The van der Waals surface area contributed by atoms with Crippen LogP contribution in [0.4, 0.5) is 5.69 Å². The quantitative estimate of drug-likeness (QED) is 0.520. The summed E-state index contributed by atoms with van der Waals surface area (Å²) in [6.07, 6.45) is -0.0613. The zero-order valence-electron chi connectivity index (χ0n) is 15.0. The molecule has 1 fully saturated rings. The molecule has 10 heteroatoms. The number of nitrogens with one attached hydrogen (secondary N) is 1. The van der Waals surface area contributed by atoms with E-state index in [1.807, 2.05) is 0 Å². The fourth-order valence-corrected chi connectivity index (χ4v) is 3.50. The molecular weight excluding hydrogens is 368 g/mol. The second kappa shape index (κ2) is 7.77. The van der Waals surface area contributed by atoms with Crippen molar-refractivity contribution in [2.75, 3.05) is 24.5 Å². The van der Waals surface area contributed by atoms with Gasteiger partial charge in [-0.3, -0.25) is 34.2 Å². The summed E-state index contributed by atoms with van der Waals surface area (Å²) >= 11 is 0. The molecule has 148 valence electrons. The standard InChI is InChI=1S/C18H20N4O6/c19-7-9-21(8-6-14(24)25)11-3-1-2-10-15(11)18(28)22(17(10)27)12-4-5-13(23)20-16(12)26/h1-3,12H,4-9,19H2,(H,24,25)(H,20,23,26). The molecule has 0 aliphatic carbocycles. The third kappa shape index (κ3) is 3.46. The van der Waals surface area contributed by atoms with Crippen LogP contribution in [0.3, 0.4) is 0 Å². The number of fused-ring (bicyclic) bond motifs is 1. The van der Waals surface area contributed by atoms with Crippen molar-refractivity contribution < 1.29 is 29.1 Å². The van der Waals surface area contributed by atoms with Gasteiger partial charge in [-0.25, -0.2) is 0 Å². The van der Waals surface area contributed by atoms with Crippen LogP contribution in [0.25, 0.3) is 0 Å². The molecule has 0 aromatic heterocycles. The van der Waals surface area contributed by atoms with Crippen LogP contribution < -0.4 is 16.0 Å². The first kappa shape index (κ1) is 19.5. The molecule has 0 spiro atoms. The van der Waals surface area contributed by atoms with Crippen LogP contribution in [0.15, 0.2) is 18.2 Å². The van der Waals surface area contributed by atoms with E-state index in [-0.39, 0.29) is 43.5 Å². The molecule has 0 radical (unpaired) electrons. The van der Waals surface area contributed by atoms with Crippen molar-refractivity contribution in [2.45, 2.75) is 25.3 Å². The van der Waals surface area contributed by atoms with Gasteiger partial charge in [0.15, 0.2) is 0 Å². The van der Waals surface area contributed by atoms with E-state index in [1.54, 1.807) is 17.0 Å². The Bertz CT molecular complexity index is 868. The van der Waals surface area contributed by atoms with Crippen molar-refractivity contribution in [1.82, 2.24) is 10.2 Å². The zero-order valence-corrected chi connectivity index (χ0v) is 15.0. The minimum absolute atomic E-state index is 0.0363. The van der Waals surface area contributed by atoms with E-state index in [9.17, 15) is 24.0 Å². The average Bonchev–Trinajstić information content (AvgIpc) is 2.90. The summed E-state index contributed by atoms with van der Waals surface area (Å²) in [5.41, 5.74) is 6.28. The number of nitrogens with two attached hydrogens (primary N) is 1. The number of piperidine rings is 1. The van der Waals surface area contributed by atoms with Crippen molar-refractivity contribution in [3.8, 4) is 0 Å². The number of imide groups is 2. The Balaban J connectivity index is 1.96. The van der Waals surface area contributed by atoms with Crippen molar-refractivity contribution in [1.29, 1.82) is 0 Å². The van der Waals surface area contributed by atoms with E-state index in [4.69, 9.17) is 10.8 Å². The highest BCUT2D eigenvalue weighted by atomic mass is 16.4. The number of aliphatic carboxylic acids is 1. The van der Waals surface area contributed by atoms with Crippen LogP contribution >= 0.6 is 0 Å². The Labute approximate surface area is 160 Å². The maximum Gasteiger partial charge on any atom is 0.305 e. The lowest BCUT2D eigenvalue weighted by Gasteiger charge is -2.28. The van der Waals surface area contributed by atoms with Gasteiger partial charge in [0, 0.05) is 26.1 Å². The SMILES string of the molecule is NCCN(CCC(=O)O)c1cccc2c1C(=O)N(C1CCC(=O)NC1=O)C2=O. The number of anilines is 1. The third-order valence-electron chi connectivity index (χ3n) is 4.78. The van der Waals surface area contributed by atoms with Gasteiger partial charge in [0.25, 0.3) is 11.8 Å². The van der Waals surface area contributed by atoms with Crippen LogP contribution in [0.2, 0.25) is 0 Å². The van der Waals surface area contributed by atoms with Gasteiger partial charge in [0.2, 0.25) is 11.8 Å². The number of carboxylic acid groups (broad SMARTS) is 1. The molecule has 28 heavy (non-hydrogen) atoms. The summed E-state index contributed by atoms with van der Waals surface area (Å²) in [4.78, 5) is 62.9. The Morgan fingerprint density at radius 1 is 1.21 bits per heavy atom. The molecule has 1 aromatic carbocycles. The van der Waals surface area contributed by atoms with Gasteiger partial charge in [-0.05, 0) is 18.6 Å². The number of carboxylic acids is 1. The lowest BCUT2D eigenvalue weighted by Crippen LogP contribution is -2.54. The minimum Gasteiger partial charge on any atom is -0.481 e. The molecule has 2 heterocycles. The lowest BCUT2D eigenvalue weighted by molar-refractivity contribution is -0.137. The molecule has 1 atom stereocenters. The Morgan fingerprint density at radius 2 is 1.96 bits per heavy atom. The summed E-state index contributed by atoms with van der Waals surface area (Å²) in [5.74, 6) is -3.37. The number of hydrogen-bond acceptors (Lipinski definition) is 7. The summed E-state index contributed by atoms with van der Waals surface area (Å²) in [7, 11) is 0. The van der Waals surface area contributed by atoms with E-state index in [0.717, 1.165) is 4.90 Å². The zero-order chi connectivity index (χ0) is 20.4. The lowest BCUT2D eigenvalue weighted by atomic mass is 10.0. The monoisotopic (exact) mass is 388 g/mol. The van der Waals surface area contributed by atoms with Gasteiger partial charge in [0.1, 0.15) is 6.04 Å². The van der Waals surface area contributed by atoms with Gasteiger partial charge >= 0.3 is 5.97 Å². The van der Waals surface area contributed by atoms with Crippen LogP contribution in [-0.2, 0) is 14.4 Å². The van der Waals surface area contributed by atoms with Crippen LogP contribution in [0.1, 0.15) is 40.0 Å². The molecule has 4 N–H and O–H groups in total. The molecule has 0 saturated carbocycles. The number of nitrogens with zero attached hydrogens (tertiary/aromatic N) is 2. The van der Waals surface area contributed by atoms with Crippen molar-refractivity contribution >= 4 is 35.3 Å². The van der Waals surface area contributed by atoms with Crippen LogP contribution in [0, 0.1) is 0 Å². The van der Waals surface area contributed by atoms with Crippen molar-refractivity contribution in [3.63, 3.8) is 0 Å². The van der Waals surface area contributed by atoms with Crippen LogP contribution in [0.5, 0.6) is 0 Å². The predicted molar refractivity (Wildman–Crippen MR) is 96.6 cm³/mol. The normalized spacial score (nSPS) is 18.9. The largest absolute Gasteiger partial charge is 0.481 e. The predicted octanol–water partition coefficient (Wildman–Crippen LogP) is -0.672. The van der Waals surface area contributed by atoms with E-state index >= 15 is 0 Å². The van der Waals surface area contributed by atoms with Gasteiger partial charge < -0.3 is 15.7 Å². The van der Waals surface area contributed by atoms with E-state index in [1.165, 1.54) is 6.07 Å². The number of hydrogen-bond donors (Lipinski definition) is 3. The highest BCUT2D eigenvalue weighted by Crippen LogP contribution is 2.34. The number of rotatable bonds is 7. The number of carbonyl (C=O) groups is 5. The molecule has 4 amide bonds. The fourth-order valence-electron chi connectivity index (χ4n) is 3.50. The Kier molecular flexibility index (Phi) is 5.41. The molecular formula is C18H20N4O6. The summed E-state index contributed by atoms with van der Waals surface area (Å²) in [6.45, 7) is 0.634. The van der Waals surface area contributed by atoms with E-state index in [0.29, 0.717) is 12.2 Å². The van der Waals surface area contributed by atoms with Gasteiger partial charge in [-0.2, -0.15) is 0 Å². The number of amides is 4. The Morgan fingerprint density at radius 3 is 2.61 bits per heavy atom. The second-order valence-corrected chi connectivity index (χ2v) is 6.57. The van der Waals surface area contributed by atoms with Crippen molar-refractivity contribution in [3.05, 3.63) is 29.3 Å². The molecule has 10 nitrogen and oxygen atoms in total. The van der Waals surface area contributed by atoms with Crippen LogP contribution in [-0.4, -0.2) is 65.3 Å². The first-order valence-electron chi connectivity index (χ1n) is 8.86. The average molecular weight is 388 g/mol. The molecule has 1 saturated heterocycles. The fraction of sp³-hybridized carbons (Fsp3) is 0.389. The molecule has 2 aliphatic heterocycles. The van der Waals surface area contributed by atoms with Crippen molar-refractivity contribution in [2.24, 2.45) is 5.73 Å².